The van der Waals surface area contributed by atoms with Gasteiger partial charge < -0.3 is 19.9 Å². The molecule has 5 aliphatic rings. The van der Waals surface area contributed by atoms with Gasteiger partial charge in [-0.05, 0) is 91.9 Å². The number of rotatable bonds is 5. The molecule has 38 heavy (non-hydrogen) atoms. The van der Waals surface area contributed by atoms with Gasteiger partial charge in [-0.2, -0.15) is 0 Å². The van der Waals surface area contributed by atoms with E-state index in [0.29, 0.717) is 29.8 Å². The minimum absolute atomic E-state index is 0.179. The Bertz CT molecular complexity index is 1240. The number of benzene rings is 1. The predicted molar refractivity (Wildman–Crippen MR) is 149 cm³/mol. The summed E-state index contributed by atoms with van der Waals surface area (Å²) in [7, 11) is 3.86. The number of hydrogen-bond acceptors (Lipinski definition) is 7. The molecule has 4 heterocycles. The minimum Gasteiger partial charge on any atom is -0.497 e. The molecule has 3 N–H and O–H groups in total. The van der Waals surface area contributed by atoms with E-state index in [0.717, 1.165) is 67.4 Å². The van der Waals surface area contributed by atoms with Crippen molar-refractivity contribution in [3.8, 4) is 5.75 Å². The lowest BCUT2D eigenvalue weighted by Gasteiger charge is -2.33. The van der Waals surface area contributed by atoms with Gasteiger partial charge in [0.2, 0.25) is 5.91 Å². The zero-order valence-corrected chi connectivity index (χ0v) is 22.3. The zero-order valence-electron chi connectivity index (χ0n) is 22.3. The van der Waals surface area contributed by atoms with E-state index in [2.05, 4.69) is 63.4 Å². The van der Waals surface area contributed by atoms with Crippen LogP contribution in [-0.2, 0) is 10.2 Å². The Labute approximate surface area is 224 Å². The van der Waals surface area contributed by atoms with Crippen LogP contribution in [0.2, 0.25) is 0 Å². The average Bonchev–Trinajstić information content (AvgIpc) is 3.49. The summed E-state index contributed by atoms with van der Waals surface area (Å²) in [5, 5.41) is 3.14. The van der Waals surface area contributed by atoms with Crippen LogP contribution < -0.4 is 25.8 Å². The largest absolute Gasteiger partial charge is 0.497 e. The van der Waals surface area contributed by atoms with E-state index in [1.54, 1.807) is 7.11 Å². The summed E-state index contributed by atoms with van der Waals surface area (Å²) < 4.78 is 5.47. The Hall–Kier alpha value is -2.94. The highest BCUT2D eigenvalue weighted by Crippen LogP contribution is 2.65. The SMILES string of the molecule is COc1ccc2c(c1)[C@]1(CC1C1CCC3C(/C=C/c4ccc(N5CCN(C)CC5)nc4)NNC3C1)C(=O)N2. The lowest BCUT2D eigenvalue weighted by Crippen LogP contribution is -2.44. The smallest absolute Gasteiger partial charge is 0.235 e. The Morgan fingerprint density at radius 1 is 1.11 bits per heavy atom. The van der Waals surface area contributed by atoms with Gasteiger partial charge in [0.05, 0.1) is 12.5 Å². The Morgan fingerprint density at radius 3 is 2.76 bits per heavy atom. The van der Waals surface area contributed by atoms with Crippen LogP contribution in [-0.4, -0.2) is 68.2 Å². The fraction of sp³-hybridized carbons (Fsp3) is 0.533. The first-order chi connectivity index (χ1) is 18.5. The van der Waals surface area contributed by atoms with Crippen LogP contribution in [0.3, 0.4) is 0 Å². The second-order valence-corrected chi connectivity index (χ2v) is 11.9. The number of ether oxygens (including phenoxy) is 1. The number of nitrogens with one attached hydrogen (secondary N) is 3. The van der Waals surface area contributed by atoms with Crippen LogP contribution >= 0.6 is 0 Å². The predicted octanol–water partition coefficient (Wildman–Crippen LogP) is 3.03. The number of anilines is 2. The van der Waals surface area contributed by atoms with Crippen LogP contribution in [0.25, 0.3) is 6.08 Å². The molecule has 1 spiro atoms. The number of likely N-dealkylation sites (N-methyl/N-ethyl adjacent to an activating group) is 1. The van der Waals surface area contributed by atoms with Crippen molar-refractivity contribution in [1.82, 2.24) is 20.7 Å². The van der Waals surface area contributed by atoms with Crippen molar-refractivity contribution < 1.29 is 9.53 Å². The van der Waals surface area contributed by atoms with Crippen LogP contribution in [0, 0.1) is 17.8 Å². The summed E-state index contributed by atoms with van der Waals surface area (Å²) in [5.41, 5.74) is 10.0. The van der Waals surface area contributed by atoms with Crippen molar-refractivity contribution in [3.05, 3.63) is 53.7 Å². The Morgan fingerprint density at radius 2 is 1.97 bits per heavy atom. The van der Waals surface area contributed by atoms with Gasteiger partial charge in [0.1, 0.15) is 11.6 Å². The molecule has 3 aliphatic heterocycles. The van der Waals surface area contributed by atoms with Gasteiger partial charge >= 0.3 is 0 Å². The standard InChI is InChI=1S/C30H38N6O2/c1-35-11-13-36(14-12-35)28-10-4-19(18-31-28)3-8-25-22-7-5-20(15-27(22)34-33-25)24-17-30(24)23-16-21(38-2)6-9-26(23)32-29(30)37/h3-4,6,8-10,16,18,20,22,24-25,27,33-34H,5,7,11-15,17H2,1-2H3,(H,32,37)/b8-3+/t20?,22?,24?,25?,27?,30-/m0/s1. The Balaban J connectivity index is 0.977. The van der Waals surface area contributed by atoms with Gasteiger partial charge in [0.15, 0.2) is 0 Å². The number of fused-ring (bicyclic) bond motifs is 3. The second-order valence-electron chi connectivity index (χ2n) is 11.9. The molecule has 2 saturated heterocycles. The molecular weight excluding hydrogens is 476 g/mol. The first kappa shape index (κ1) is 24.1. The van der Waals surface area contributed by atoms with Gasteiger partial charge in [-0.3, -0.25) is 15.6 Å². The first-order valence-corrected chi connectivity index (χ1v) is 14.1. The van der Waals surface area contributed by atoms with E-state index in [4.69, 9.17) is 9.72 Å². The molecule has 7 rings (SSSR count). The van der Waals surface area contributed by atoms with Gasteiger partial charge in [-0.1, -0.05) is 12.2 Å². The number of pyridine rings is 1. The van der Waals surface area contributed by atoms with E-state index < -0.39 is 0 Å². The lowest BCUT2D eigenvalue weighted by atomic mass is 9.73. The zero-order chi connectivity index (χ0) is 25.9. The number of hydrazine groups is 1. The summed E-state index contributed by atoms with van der Waals surface area (Å²) in [6.45, 7) is 4.25. The monoisotopic (exact) mass is 514 g/mol. The first-order valence-electron chi connectivity index (χ1n) is 14.1. The van der Waals surface area contributed by atoms with Crippen molar-refractivity contribution in [2.45, 2.75) is 43.2 Å². The molecule has 2 aliphatic carbocycles. The molecule has 0 bridgehead atoms. The van der Waals surface area contributed by atoms with Crippen molar-refractivity contribution in [2.24, 2.45) is 17.8 Å². The lowest BCUT2D eigenvalue weighted by molar-refractivity contribution is -0.118. The maximum absolute atomic E-state index is 13.1. The van der Waals surface area contributed by atoms with Crippen LogP contribution in [0.1, 0.15) is 36.8 Å². The highest BCUT2D eigenvalue weighted by Gasteiger charge is 2.67. The molecule has 5 unspecified atom stereocenters. The fourth-order valence-electron chi connectivity index (χ4n) is 7.53. The molecule has 6 atom stereocenters. The maximum Gasteiger partial charge on any atom is 0.235 e. The van der Waals surface area contributed by atoms with Crippen molar-refractivity contribution >= 4 is 23.5 Å². The van der Waals surface area contributed by atoms with Gasteiger partial charge in [-0.25, -0.2) is 4.98 Å². The molecule has 0 radical (unpaired) electrons. The minimum atomic E-state index is -0.351. The summed E-state index contributed by atoms with van der Waals surface area (Å²) in [6, 6.07) is 11.1. The van der Waals surface area contributed by atoms with Crippen molar-refractivity contribution in [2.75, 3.05) is 50.6 Å². The topological polar surface area (TPSA) is 81.8 Å². The number of hydrogen-bond donors (Lipinski definition) is 3. The molecule has 1 amide bonds. The molecule has 1 aromatic heterocycles. The number of carbonyl (C=O) groups is 1. The normalized spacial score (nSPS) is 34.4. The highest BCUT2D eigenvalue weighted by atomic mass is 16.5. The molecule has 200 valence electrons. The maximum atomic E-state index is 13.1. The Kier molecular flexibility index (Phi) is 5.94. The van der Waals surface area contributed by atoms with Gasteiger partial charge in [0.25, 0.3) is 0 Å². The van der Waals surface area contributed by atoms with E-state index in [-0.39, 0.29) is 11.3 Å². The van der Waals surface area contributed by atoms with E-state index in [1.807, 2.05) is 18.3 Å². The van der Waals surface area contributed by atoms with Crippen LogP contribution in [0.4, 0.5) is 11.5 Å². The summed E-state index contributed by atoms with van der Waals surface area (Å²) in [4.78, 5) is 22.6. The van der Waals surface area contributed by atoms with E-state index >= 15 is 0 Å². The molecule has 2 aromatic rings. The second kappa shape index (κ2) is 9.36. The number of nitrogens with zero attached hydrogens (tertiary/aromatic N) is 3. The third kappa shape index (κ3) is 4.01. The summed E-state index contributed by atoms with van der Waals surface area (Å²) in [5.74, 6) is 3.62. The third-order valence-electron chi connectivity index (χ3n) is 9.88. The molecule has 8 heteroatoms. The highest BCUT2D eigenvalue weighted by molar-refractivity contribution is 6.09. The van der Waals surface area contributed by atoms with E-state index in [9.17, 15) is 4.79 Å². The fourth-order valence-corrected chi connectivity index (χ4v) is 7.53. The van der Waals surface area contributed by atoms with E-state index in [1.165, 1.54) is 12.8 Å². The van der Waals surface area contributed by atoms with Crippen LogP contribution in [0.15, 0.2) is 42.6 Å². The number of carbonyl (C=O) groups excluding carboxylic acids is 1. The molecule has 4 fully saturated rings. The molecule has 2 saturated carbocycles. The summed E-state index contributed by atoms with van der Waals surface area (Å²) in [6.07, 6.45) is 10.9. The van der Waals surface area contributed by atoms with Gasteiger partial charge in [-0.15, -0.1) is 0 Å². The van der Waals surface area contributed by atoms with Crippen LogP contribution in [0.5, 0.6) is 5.75 Å². The third-order valence-corrected chi connectivity index (χ3v) is 9.88. The number of methoxy groups -OCH3 is 1. The van der Waals surface area contributed by atoms with Gasteiger partial charge in [0, 0.05) is 50.1 Å². The molecule has 8 nitrogen and oxygen atoms in total. The quantitative estimate of drug-likeness (QED) is 0.566. The average molecular weight is 515 g/mol. The molecular formula is C30H38N6O2. The summed E-state index contributed by atoms with van der Waals surface area (Å²) >= 11 is 0. The number of piperazine rings is 1. The van der Waals surface area contributed by atoms with Crippen molar-refractivity contribution in [3.63, 3.8) is 0 Å². The molecule has 1 aromatic carbocycles. The number of amides is 1. The van der Waals surface area contributed by atoms with Crippen molar-refractivity contribution in [1.29, 1.82) is 0 Å². The number of aromatic nitrogens is 1.